The molecule has 3 aromatic carbocycles. The molecule has 0 spiro atoms. The minimum Gasteiger partial charge on any atom is -0.497 e. The largest absolute Gasteiger partial charge is 0.497 e. The van der Waals surface area contributed by atoms with Gasteiger partial charge in [-0.2, -0.15) is 0 Å². The summed E-state index contributed by atoms with van der Waals surface area (Å²) in [7, 11) is 3.26. The number of hydrogen-bond acceptors (Lipinski definition) is 7. The monoisotopic (exact) mass is 584 g/mol. The van der Waals surface area contributed by atoms with E-state index in [1.54, 1.807) is 21.1 Å². The second-order valence-electron chi connectivity index (χ2n) is 11.4. The molecule has 9 heteroatoms. The molecular weight excluding hydrogens is 548 g/mol. The number of rotatable bonds is 8. The fraction of sp³-hybridized carbons (Fsp3) is 0.353. The van der Waals surface area contributed by atoms with E-state index in [1.165, 1.54) is 10.8 Å². The van der Waals surface area contributed by atoms with E-state index in [9.17, 15) is 14.7 Å². The first-order valence-electron chi connectivity index (χ1n) is 14.5. The predicted octanol–water partition coefficient (Wildman–Crippen LogP) is 4.44. The van der Waals surface area contributed by atoms with Gasteiger partial charge >= 0.3 is 5.69 Å². The highest BCUT2D eigenvalue weighted by Gasteiger charge is 2.56. The molecular formula is C34H36N2O7. The van der Waals surface area contributed by atoms with E-state index in [1.807, 2.05) is 78.9 Å². The Kier molecular flexibility index (Phi) is 7.72. The number of ether oxygens (including phenoxy) is 4. The number of aryl methyl sites for hydroxylation is 1. The summed E-state index contributed by atoms with van der Waals surface area (Å²) in [6.07, 6.45) is 1.54. The second kappa shape index (κ2) is 11.5. The molecule has 1 aliphatic heterocycles. The molecule has 2 fully saturated rings. The Balaban J connectivity index is 1.47. The molecule has 0 amide bonds. The number of aliphatic hydroxyl groups is 1. The quantitative estimate of drug-likeness (QED) is 0.295. The molecule has 43 heavy (non-hydrogen) atoms. The van der Waals surface area contributed by atoms with Crippen LogP contribution in [-0.2, 0) is 15.1 Å². The van der Waals surface area contributed by atoms with E-state index in [0.29, 0.717) is 24.8 Å². The molecule has 6 rings (SSSR count). The van der Waals surface area contributed by atoms with Crippen molar-refractivity contribution in [1.29, 1.82) is 0 Å². The Hall–Kier alpha value is -4.18. The predicted molar refractivity (Wildman–Crippen MR) is 161 cm³/mol. The van der Waals surface area contributed by atoms with Gasteiger partial charge in [0.15, 0.2) is 0 Å². The van der Waals surface area contributed by atoms with Crippen LogP contribution in [0.5, 0.6) is 11.5 Å². The molecule has 2 aliphatic rings. The number of hydrogen-bond donors (Lipinski definition) is 2. The van der Waals surface area contributed by atoms with E-state index in [2.05, 4.69) is 4.98 Å². The maximum absolute atomic E-state index is 12.8. The van der Waals surface area contributed by atoms with Crippen molar-refractivity contribution in [3.8, 4) is 11.5 Å². The van der Waals surface area contributed by atoms with Crippen LogP contribution in [0, 0.1) is 6.92 Å². The molecule has 0 unspecified atom stereocenters. The zero-order valence-corrected chi connectivity index (χ0v) is 24.5. The van der Waals surface area contributed by atoms with Crippen LogP contribution >= 0.6 is 0 Å². The number of benzene rings is 3. The molecule has 224 valence electrons. The summed E-state index contributed by atoms with van der Waals surface area (Å²) in [5.41, 5.74) is -0.281. The average Bonchev–Trinajstić information content (AvgIpc) is 3.40. The first-order chi connectivity index (χ1) is 20.8. The lowest BCUT2D eigenvalue weighted by Gasteiger charge is -2.45. The Morgan fingerprint density at radius 2 is 1.49 bits per heavy atom. The summed E-state index contributed by atoms with van der Waals surface area (Å²) < 4.78 is 26.1. The Labute approximate surface area is 249 Å². The van der Waals surface area contributed by atoms with E-state index >= 15 is 0 Å². The molecule has 1 saturated carbocycles. The van der Waals surface area contributed by atoms with Crippen molar-refractivity contribution in [2.24, 2.45) is 0 Å². The van der Waals surface area contributed by atoms with Gasteiger partial charge in [0.2, 0.25) is 0 Å². The van der Waals surface area contributed by atoms with Crippen LogP contribution in [0.1, 0.15) is 54.2 Å². The summed E-state index contributed by atoms with van der Waals surface area (Å²) in [6.45, 7) is 1.63. The van der Waals surface area contributed by atoms with Crippen molar-refractivity contribution in [3.63, 3.8) is 0 Å². The van der Waals surface area contributed by atoms with Crippen LogP contribution in [0.25, 0.3) is 0 Å². The van der Waals surface area contributed by atoms with Crippen LogP contribution < -0.4 is 20.7 Å². The van der Waals surface area contributed by atoms with Crippen LogP contribution in [0.4, 0.5) is 0 Å². The SMILES string of the molecule is COc1ccc(C(O[C@H]2CCC[C@@]3(O)C[C@H](n4cc(C)c(=O)[nH]c4=O)O[C@@H]23)(c2ccccc2)c2ccc(OC)cc2)cc1. The van der Waals surface area contributed by atoms with Gasteiger partial charge in [0, 0.05) is 18.2 Å². The van der Waals surface area contributed by atoms with E-state index in [4.69, 9.17) is 18.9 Å². The fourth-order valence-electron chi connectivity index (χ4n) is 6.54. The third kappa shape index (κ3) is 5.18. The molecule has 4 atom stereocenters. The number of aromatic nitrogens is 2. The minimum absolute atomic E-state index is 0.201. The van der Waals surface area contributed by atoms with Gasteiger partial charge in [-0.05, 0) is 67.1 Å². The van der Waals surface area contributed by atoms with Gasteiger partial charge in [0.05, 0.1) is 25.9 Å². The lowest BCUT2D eigenvalue weighted by atomic mass is 9.77. The van der Waals surface area contributed by atoms with Crippen molar-refractivity contribution in [1.82, 2.24) is 9.55 Å². The minimum atomic E-state index is -1.22. The number of nitrogens with zero attached hydrogens (tertiary/aromatic N) is 1. The normalized spacial score (nSPS) is 23.5. The number of H-pyrrole nitrogens is 1. The van der Waals surface area contributed by atoms with E-state index < -0.39 is 40.9 Å². The lowest BCUT2D eigenvalue weighted by molar-refractivity contribution is -0.183. The highest BCUT2D eigenvalue weighted by Crippen LogP contribution is 2.50. The van der Waals surface area contributed by atoms with Gasteiger partial charge in [0.25, 0.3) is 5.56 Å². The third-order valence-corrected chi connectivity index (χ3v) is 8.76. The van der Waals surface area contributed by atoms with Crippen LogP contribution in [0.3, 0.4) is 0 Å². The molecule has 2 N–H and O–H groups in total. The van der Waals surface area contributed by atoms with E-state index in [-0.39, 0.29) is 6.42 Å². The van der Waals surface area contributed by atoms with Gasteiger partial charge in [-0.3, -0.25) is 14.3 Å². The molecule has 1 aliphatic carbocycles. The zero-order valence-electron chi connectivity index (χ0n) is 24.5. The lowest BCUT2D eigenvalue weighted by Crippen LogP contribution is -2.53. The van der Waals surface area contributed by atoms with Gasteiger partial charge in [-0.1, -0.05) is 54.6 Å². The van der Waals surface area contributed by atoms with Crippen molar-refractivity contribution in [3.05, 3.63) is 128 Å². The molecule has 9 nitrogen and oxygen atoms in total. The highest BCUT2D eigenvalue weighted by molar-refractivity contribution is 5.50. The maximum atomic E-state index is 12.8. The van der Waals surface area contributed by atoms with Crippen molar-refractivity contribution >= 4 is 0 Å². The summed E-state index contributed by atoms with van der Waals surface area (Å²) in [4.78, 5) is 27.1. The van der Waals surface area contributed by atoms with Gasteiger partial charge in [-0.25, -0.2) is 4.79 Å². The first-order valence-corrected chi connectivity index (χ1v) is 14.5. The van der Waals surface area contributed by atoms with Gasteiger partial charge < -0.3 is 24.1 Å². The number of methoxy groups -OCH3 is 2. The number of fused-ring (bicyclic) bond motifs is 1. The van der Waals surface area contributed by atoms with Crippen molar-refractivity contribution in [2.45, 2.75) is 62.2 Å². The van der Waals surface area contributed by atoms with Gasteiger partial charge in [0.1, 0.15) is 29.4 Å². The molecule has 1 saturated heterocycles. The average molecular weight is 585 g/mol. The zero-order chi connectivity index (χ0) is 30.2. The van der Waals surface area contributed by atoms with E-state index in [0.717, 1.165) is 28.2 Å². The standard InChI is InChI=1S/C34H36N2O7/c1-22-21-36(32(38)35-31(22)37)29-20-33(39)19-7-10-28(30(33)42-29)43-34(23-8-5-4-6-9-23,24-11-15-26(40-2)16-12-24)25-13-17-27(41-3)18-14-25/h4-6,8-9,11-18,21,28-30,39H,7,10,19-20H2,1-3H3,(H,35,37,38)/t28-,29+,30-,33+/m0/s1. The Morgan fingerprint density at radius 1 is 0.907 bits per heavy atom. The molecule has 1 aromatic heterocycles. The second-order valence-corrected chi connectivity index (χ2v) is 11.4. The van der Waals surface area contributed by atoms with Crippen molar-refractivity contribution < 1.29 is 24.1 Å². The molecule has 0 bridgehead atoms. The van der Waals surface area contributed by atoms with Crippen LogP contribution in [0.15, 0.2) is 94.6 Å². The van der Waals surface area contributed by atoms with Crippen LogP contribution in [0.2, 0.25) is 0 Å². The summed E-state index contributed by atoms with van der Waals surface area (Å²) >= 11 is 0. The summed E-state index contributed by atoms with van der Waals surface area (Å²) in [5.74, 6) is 1.44. The van der Waals surface area contributed by atoms with Crippen molar-refractivity contribution in [2.75, 3.05) is 14.2 Å². The number of nitrogens with one attached hydrogen (secondary N) is 1. The van der Waals surface area contributed by atoms with Gasteiger partial charge in [-0.15, -0.1) is 0 Å². The first kappa shape index (κ1) is 28.9. The smallest absolute Gasteiger partial charge is 0.330 e. The Bertz CT molecular complexity index is 1630. The van der Waals surface area contributed by atoms with Crippen LogP contribution in [-0.4, -0.2) is 46.7 Å². The number of aromatic amines is 1. The fourth-order valence-corrected chi connectivity index (χ4v) is 6.54. The Morgan fingerprint density at radius 3 is 2.07 bits per heavy atom. The topological polar surface area (TPSA) is 112 Å². The molecule has 2 heterocycles. The maximum Gasteiger partial charge on any atom is 0.330 e. The third-order valence-electron chi connectivity index (χ3n) is 8.76. The summed E-state index contributed by atoms with van der Waals surface area (Å²) in [5, 5.41) is 11.9. The summed E-state index contributed by atoms with van der Waals surface area (Å²) in [6, 6.07) is 25.6. The molecule has 0 radical (unpaired) electrons. The highest BCUT2D eigenvalue weighted by atomic mass is 16.6. The molecule has 4 aromatic rings.